The molecule has 2 aromatic rings. The van der Waals surface area contributed by atoms with Gasteiger partial charge in [-0.25, -0.2) is 4.85 Å². The highest BCUT2D eigenvalue weighted by atomic mass is 14.9. The third-order valence-corrected chi connectivity index (χ3v) is 4.34. The van der Waals surface area contributed by atoms with Crippen molar-refractivity contribution in [3.05, 3.63) is 88.5 Å². The van der Waals surface area contributed by atoms with Gasteiger partial charge >= 0.3 is 0 Å². The summed E-state index contributed by atoms with van der Waals surface area (Å²) in [5.41, 5.74) is 6.10. The van der Waals surface area contributed by atoms with Gasteiger partial charge in [-0.15, -0.1) is 0 Å². The van der Waals surface area contributed by atoms with Crippen LogP contribution in [0, 0.1) is 23.8 Å². The lowest BCUT2D eigenvalue weighted by atomic mass is 9.90. The molecule has 24 heavy (non-hydrogen) atoms. The lowest BCUT2D eigenvalue weighted by Gasteiger charge is -2.25. The number of hydrogen-bond donors (Lipinski definition) is 1. The Bertz CT molecular complexity index is 904. The lowest BCUT2D eigenvalue weighted by molar-refractivity contribution is 0.786. The summed E-state index contributed by atoms with van der Waals surface area (Å²) in [5.74, 6) is -0.183. The second-order valence-electron chi connectivity index (χ2n) is 5.81. The van der Waals surface area contributed by atoms with Gasteiger partial charge in [0.05, 0.1) is 12.6 Å². The van der Waals surface area contributed by atoms with Crippen LogP contribution in [-0.4, -0.2) is 0 Å². The Balaban J connectivity index is 2.00. The van der Waals surface area contributed by atoms with Crippen LogP contribution in [0.15, 0.2) is 71.6 Å². The van der Waals surface area contributed by atoms with E-state index in [1.54, 1.807) is 0 Å². The van der Waals surface area contributed by atoms with Crippen LogP contribution in [-0.2, 0) is 0 Å². The van der Waals surface area contributed by atoms with Gasteiger partial charge in [0.2, 0.25) is 0 Å². The van der Waals surface area contributed by atoms with E-state index in [4.69, 9.17) is 6.57 Å². The van der Waals surface area contributed by atoms with Gasteiger partial charge in [-0.2, -0.15) is 5.26 Å². The van der Waals surface area contributed by atoms with Crippen molar-refractivity contribution in [2.75, 3.05) is 0 Å². The fourth-order valence-electron chi connectivity index (χ4n) is 3.01. The zero-order chi connectivity index (χ0) is 17.1. The number of nitriles is 1. The molecule has 0 aliphatic carbocycles. The second kappa shape index (κ2) is 6.44. The van der Waals surface area contributed by atoms with Crippen molar-refractivity contribution in [3.63, 3.8) is 0 Å². The topological polar surface area (TPSA) is 40.2 Å². The van der Waals surface area contributed by atoms with Crippen LogP contribution in [0.5, 0.6) is 0 Å². The van der Waals surface area contributed by atoms with E-state index in [9.17, 15) is 5.26 Å². The van der Waals surface area contributed by atoms with Gasteiger partial charge < -0.3 is 5.32 Å². The van der Waals surface area contributed by atoms with Gasteiger partial charge in [-0.1, -0.05) is 61.5 Å². The van der Waals surface area contributed by atoms with Gasteiger partial charge in [-0.05, 0) is 23.6 Å². The van der Waals surface area contributed by atoms with Crippen LogP contribution in [0.1, 0.15) is 19.4 Å². The smallest absolute Gasteiger partial charge is 0.196 e. The molecule has 0 bridgehead atoms. The Morgan fingerprint density at radius 1 is 1.00 bits per heavy atom. The van der Waals surface area contributed by atoms with E-state index in [0.717, 1.165) is 28.1 Å². The van der Waals surface area contributed by atoms with Crippen LogP contribution < -0.4 is 5.32 Å². The monoisotopic (exact) mass is 311 g/mol. The number of dihydropyridines is 1. The average molecular weight is 311 g/mol. The van der Waals surface area contributed by atoms with Crippen molar-refractivity contribution >= 4 is 5.70 Å². The molecular formula is C21H17N3. The molecule has 3 heteroatoms. The van der Waals surface area contributed by atoms with Gasteiger partial charge in [0.15, 0.2) is 5.70 Å². The number of nitrogens with one attached hydrogen (secondary N) is 1. The van der Waals surface area contributed by atoms with Crippen LogP contribution >= 0.6 is 0 Å². The summed E-state index contributed by atoms with van der Waals surface area (Å²) in [5, 5.41) is 12.5. The fraction of sp³-hybridized carbons (Fsp3) is 0.143. The summed E-state index contributed by atoms with van der Waals surface area (Å²) in [6.45, 7) is 11.3. The normalized spacial score (nSPS) is 17.1. The minimum atomic E-state index is -0.183. The van der Waals surface area contributed by atoms with Gasteiger partial charge in [0.1, 0.15) is 0 Å². The largest absolute Gasteiger partial charge is 0.367 e. The number of nitrogens with zero attached hydrogens (tertiary/aromatic N) is 2. The number of allylic oxidation sites excluding steroid dienone is 2. The molecule has 0 aromatic heterocycles. The van der Waals surface area contributed by atoms with E-state index in [0.29, 0.717) is 11.3 Å². The Hall–Kier alpha value is -3.30. The van der Waals surface area contributed by atoms with Gasteiger partial charge in [-0.3, -0.25) is 0 Å². The van der Waals surface area contributed by atoms with E-state index in [1.807, 2.05) is 44.2 Å². The van der Waals surface area contributed by atoms with Crippen LogP contribution in [0.2, 0.25) is 0 Å². The molecule has 0 amide bonds. The van der Waals surface area contributed by atoms with Crippen molar-refractivity contribution in [1.82, 2.24) is 5.32 Å². The Kier molecular flexibility index (Phi) is 4.18. The molecule has 0 radical (unpaired) electrons. The quantitative estimate of drug-likeness (QED) is 0.795. The zero-order valence-electron chi connectivity index (χ0n) is 13.7. The first-order valence-corrected chi connectivity index (χ1v) is 7.81. The Labute approximate surface area is 142 Å². The standard InChI is InChI=1S/C21H17N3/c1-14-19(13-22)15(2)24-21(20(14)23-3)18-11-9-17(10-12-18)16-7-5-4-6-8-16/h4-12,14,24H,1-2H3/t14-/m1/s1. The summed E-state index contributed by atoms with van der Waals surface area (Å²) in [7, 11) is 0. The molecule has 116 valence electrons. The van der Waals surface area contributed by atoms with Crippen LogP contribution in [0.3, 0.4) is 0 Å². The summed E-state index contributed by atoms with van der Waals surface area (Å²) in [4.78, 5) is 3.68. The molecule has 3 nitrogen and oxygen atoms in total. The Morgan fingerprint density at radius 3 is 2.17 bits per heavy atom. The van der Waals surface area contributed by atoms with E-state index < -0.39 is 0 Å². The zero-order valence-corrected chi connectivity index (χ0v) is 13.7. The summed E-state index contributed by atoms with van der Waals surface area (Å²) < 4.78 is 0. The molecule has 2 aromatic carbocycles. The first kappa shape index (κ1) is 15.6. The van der Waals surface area contributed by atoms with Crippen molar-refractivity contribution in [2.45, 2.75) is 13.8 Å². The highest BCUT2D eigenvalue weighted by Crippen LogP contribution is 2.34. The first-order chi connectivity index (χ1) is 11.7. The Morgan fingerprint density at radius 2 is 1.58 bits per heavy atom. The maximum atomic E-state index is 9.29. The fourth-order valence-corrected chi connectivity index (χ4v) is 3.01. The summed E-state index contributed by atoms with van der Waals surface area (Å²) in [6.07, 6.45) is 0. The van der Waals surface area contributed by atoms with Gasteiger partial charge in [0.25, 0.3) is 0 Å². The van der Waals surface area contributed by atoms with Crippen molar-refractivity contribution in [3.8, 4) is 17.2 Å². The second-order valence-corrected chi connectivity index (χ2v) is 5.81. The molecule has 1 aliphatic rings. The SMILES string of the molecule is [C-]#[N+]C1=C(c2ccc(-c3ccccc3)cc2)NC(C)=C(C#N)[C@H]1C. The van der Waals surface area contributed by atoms with E-state index >= 15 is 0 Å². The number of hydrogen-bond acceptors (Lipinski definition) is 2. The third-order valence-electron chi connectivity index (χ3n) is 4.34. The van der Waals surface area contributed by atoms with Crippen LogP contribution in [0.4, 0.5) is 0 Å². The molecule has 0 saturated carbocycles. The molecule has 1 heterocycles. The van der Waals surface area contributed by atoms with E-state index in [-0.39, 0.29) is 5.92 Å². The lowest BCUT2D eigenvalue weighted by Crippen LogP contribution is -2.22. The minimum absolute atomic E-state index is 0.183. The predicted octanol–water partition coefficient (Wildman–Crippen LogP) is 4.98. The highest BCUT2D eigenvalue weighted by molar-refractivity contribution is 5.75. The maximum absolute atomic E-state index is 9.29. The first-order valence-electron chi connectivity index (χ1n) is 7.81. The molecule has 1 atom stereocenters. The molecular weight excluding hydrogens is 294 g/mol. The van der Waals surface area contributed by atoms with Crippen molar-refractivity contribution < 1.29 is 0 Å². The van der Waals surface area contributed by atoms with Crippen molar-refractivity contribution in [2.24, 2.45) is 5.92 Å². The van der Waals surface area contributed by atoms with E-state index in [2.05, 4.69) is 40.5 Å². The highest BCUT2D eigenvalue weighted by Gasteiger charge is 2.26. The average Bonchev–Trinajstić information content (AvgIpc) is 2.62. The summed E-state index contributed by atoms with van der Waals surface area (Å²) in [6, 6.07) is 20.6. The van der Waals surface area contributed by atoms with Gasteiger partial charge in [0, 0.05) is 22.9 Å². The molecule has 0 spiro atoms. The maximum Gasteiger partial charge on any atom is 0.196 e. The number of rotatable bonds is 2. The number of benzene rings is 2. The molecule has 0 fully saturated rings. The minimum Gasteiger partial charge on any atom is -0.367 e. The molecule has 1 N–H and O–H groups in total. The summed E-state index contributed by atoms with van der Waals surface area (Å²) >= 11 is 0. The molecule has 0 unspecified atom stereocenters. The van der Waals surface area contributed by atoms with E-state index in [1.165, 1.54) is 0 Å². The third kappa shape index (κ3) is 2.69. The van der Waals surface area contributed by atoms with Crippen molar-refractivity contribution in [1.29, 1.82) is 5.26 Å². The molecule has 3 rings (SSSR count). The molecule has 1 aliphatic heterocycles. The molecule has 0 saturated heterocycles. The predicted molar refractivity (Wildman–Crippen MR) is 96.0 cm³/mol. The van der Waals surface area contributed by atoms with Crippen LogP contribution in [0.25, 0.3) is 21.7 Å².